The van der Waals surface area contributed by atoms with Crippen LogP contribution in [0.2, 0.25) is 0 Å². The number of H-pyrrole nitrogens is 1. The van der Waals surface area contributed by atoms with Gasteiger partial charge in [-0.05, 0) is 31.2 Å². The van der Waals surface area contributed by atoms with Gasteiger partial charge < -0.3 is 19.2 Å². The summed E-state index contributed by atoms with van der Waals surface area (Å²) in [6, 6.07) is 12.0. The number of rotatable bonds is 8. The molecule has 0 aliphatic heterocycles. The van der Waals surface area contributed by atoms with E-state index in [-0.39, 0.29) is 18.2 Å². The van der Waals surface area contributed by atoms with E-state index in [4.69, 9.17) is 14.2 Å². The average Bonchev–Trinajstić information content (AvgIpc) is 3.14. The minimum atomic E-state index is -0.689. The van der Waals surface area contributed by atoms with Gasteiger partial charge in [0.25, 0.3) is 0 Å². The van der Waals surface area contributed by atoms with Crippen molar-refractivity contribution in [3.63, 3.8) is 0 Å². The van der Waals surface area contributed by atoms with Crippen LogP contribution < -0.4 is 9.47 Å². The van der Waals surface area contributed by atoms with E-state index in [1.54, 1.807) is 18.3 Å². The van der Waals surface area contributed by atoms with Gasteiger partial charge in [0, 0.05) is 28.2 Å². The summed E-state index contributed by atoms with van der Waals surface area (Å²) >= 11 is 0. The monoisotopic (exact) mass is 381 g/mol. The van der Waals surface area contributed by atoms with Crippen LogP contribution in [0.15, 0.2) is 48.7 Å². The molecule has 7 heteroatoms. The summed E-state index contributed by atoms with van der Waals surface area (Å²) in [6.07, 6.45) is 1.60. The van der Waals surface area contributed by atoms with Crippen molar-refractivity contribution in [3.05, 3.63) is 59.8 Å². The number of esters is 1. The van der Waals surface area contributed by atoms with Gasteiger partial charge in [-0.1, -0.05) is 18.2 Å². The summed E-state index contributed by atoms with van der Waals surface area (Å²) in [4.78, 5) is 38.7. The molecule has 3 aromatic rings. The standard InChI is InChI=1S/C21H19NO6/c1-13(23)14-7-8-19(20(9-14)26-2)27-12-21(25)28-11-18(24)16-10-22-17-6-4-3-5-15(16)17/h3-10,22H,11-12H2,1-2H3. The fourth-order valence-corrected chi connectivity index (χ4v) is 2.71. The molecule has 0 saturated carbocycles. The Balaban J connectivity index is 1.56. The minimum absolute atomic E-state index is 0.111. The molecule has 3 rings (SSSR count). The Labute approximate surface area is 161 Å². The number of nitrogens with one attached hydrogen (secondary N) is 1. The zero-order valence-corrected chi connectivity index (χ0v) is 15.5. The number of aromatic nitrogens is 1. The van der Waals surface area contributed by atoms with Crippen LogP contribution in [-0.2, 0) is 9.53 Å². The molecule has 144 valence electrons. The topological polar surface area (TPSA) is 94.7 Å². The van der Waals surface area contributed by atoms with E-state index < -0.39 is 12.6 Å². The van der Waals surface area contributed by atoms with Crippen molar-refractivity contribution in [3.8, 4) is 11.5 Å². The first-order chi connectivity index (χ1) is 13.5. The Morgan fingerprint density at radius 1 is 1.00 bits per heavy atom. The van der Waals surface area contributed by atoms with Gasteiger partial charge in [0.05, 0.1) is 7.11 Å². The molecule has 0 radical (unpaired) electrons. The van der Waals surface area contributed by atoms with Crippen molar-refractivity contribution in [2.45, 2.75) is 6.92 Å². The molecule has 2 aromatic carbocycles. The number of fused-ring (bicyclic) bond motifs is 1. The summed E-state index contributed by atoms with van der Waals surface area (Å²) in [5.41, 5.74) is 1.77. The first kappa shape index (κ1) is 19.2. The lowest BCUT2D eigenvalue weighted by atomic mass is 10.1. The molecule has 28 heavy (non-hydrogen) atoms. The van der Waals surface area contributed by atoms with E-state index in [2.05, 4.69) is 4.98 Å². The number of hydrogen-bond donors (Lipinski definition) is 1. The maximum absolute atomic E-state index is 12.3. The van der Waals surface area contributed by atoms with Gasteiger partial charge in [-0.25, -0.2) is 4.79 Å². The third kappa shape index (κ3) is 4.20. The van der Waals surface area contributed by atoms with Gasteiger partial charge in [-0.15, -0.1) is 0 Å². The maximum Gasteiger partial charge on any atom is 0.344 e. The van der Waals surface area contributed by atoms with Crippen molar-refractivity contribution < 1.29 is 28.6 Å². The third-order valence-electron chi connectivity index (χ3n) is 4.17. The molecular formula is C21H19NO6. The van der Waals surface area contributed by atoms with E-state index >= 15 is 0 Å². The van der Waals surface area contributed by atoms with Gasteiger partial charge in [0.2, 0.25) is 5.78 Å². The second-order valence-corrected chi connectivity index (χ2v) is 6.04. The van der Waals surface area contributed by atoms with E-state index in [0.717, 1.165) is 10.9 Å². The van der Waals surface area contributed by atoms with Gasteiger partial charge in [0.15, 0.2) is 30.5 Å². The number of carbonyl (C=O) groups is 3. The van der Waals surface area contributed by atoms with Crippen LogP contribution in [0.1, 0.15) is 27.6 Å². The molecule has 7 nitrogen and oxygen atoms in total. The first-order valence-corrected chi connectivity index (χ1v) is 8.56. The number of benzene rings is 2. The average molecular weight is 381 g/mol. The number of aromatic amines is 1. The highest BCUT2D eigenvalue weighted by Gasteiger charge is 2.15. The van der Waals surface area contributed by atoms with Crippen LogP contribution in [0.5, 0.6) is 11.5 Å². The van der Waals surface area contributed by atoms with E-state index in [0.29, 0.717) is 22.6 Å². The number of para-hydroxylation sites is 1. The Bertz CT molecular complexity index is 1040. The number of Topliss-reactive ketones (excluding diaryl/α,β-unsaturated/α-hetero) is 2. The lowest BCUT2D eigenvalue weighted by Gasteiger charge is -2.11. The first-order valence-electron chi connectivity index (χ1n) is 8.56. The number of carbonyl (C=O) groups excluding carboxylic acids is 3. The molecule has 1 heterocycles. The number of hydrogen-bond acceptors (Lipinski definition) is 6. The van der Waals surface area contributed by atoms with Gasteiger partial charge in [-0.3, -0.25) is 9.59 Å². The molecule has 1 aromatic heterocycles. The lowest BCUT2D eigenvalue weighted by molar-refractivity contribution is -0.144. The molecule has 1 N–H and O–H groups in total. The summed E-state index contributed by atoms with van der Waals surface area (Å²) in [7, 11) is 1.43. The molecule has 0 spiro atoms. The largest absolute Gasteiger partial charge is 0.493 e. The Morgan fingerprint density at radius 3 is 2.54 bits per heavy atom. The highest BCUT2D eigenvalue weighted by Crippen LogP contribution is 2.28. The fourth-order valence-electron chi connectivity index (χ4n) is 2.71. The van der Waals surface area contributed by atoms with E-state index in [9.17, 15) is 14.4 Å². The quantitative estimate of drug-likeness (QED) is 0.476. The van der Waals surface area contributed by atoms with E-state index in [1.165, 1.54) is 20.1 Å². The van der Waals surface area contributed by atoms with Crippen LogP contribution >= 0.6 is 0 Å². The Hall–Kier alpha value is -3.61. The highest BCUT2D eigenvalue weighted by atomic mass is 16.6. The smallest absolute Gasteiger partial charge is 0.344 e. The normalized spacial score (nSPS) is 10.5. The Morgan fingerprint density at radius 2 is 1.79 bits per heavy atom. The molecule has 0 unspecified atom stereocenters. The lowest BCUT2D eigenvalue weighted by Crippen LogP contribution is -2.19. The third-order valence-corrected chi connectivity index (χ3v) is 4.17. The predicted molar refractivity (Wildman–Crippen MR) is 102 cm³/mol. The highest BCUT2D eigenvalue weighted by molar-refractivity contribution is 6.08. The van der Waals surface area contributed by atoms with Crippen molar-refractivity contribution in [2.75, 3.05) is 20.3 Å². The van der Waals surface area contributed by atoms with Gasteiger partial charge in [-0.2, -0.15) is 0 Å². The van der Waals surface area contributed by atoms with Crippen LogP contribution in [0.4, 0.5) is 0 Å². The SMILES string of the molecule is COc1cc(C(C)=O)ccc1OCC(=O)OCC(=O)c1c[nH]c2ccccc12. The Kier molecular flexibility index (Phi) is 5.74. The second kappa shape index (κ2) is 8.39. The van der Waals surface area contributed by atoms with Crippen molar-refractivity contribution in [1.29, 1.82) is 0 Å². The summed E-state index contributed by atoms with van der Waals surface area (Å²) in [5.74, 6) is -0.483. The number of ketones is 2. The zero-order chi connectivity index (χ0) is 20.1. The van der Waals surface area contributed by atoms with Gasteiger partial charge in [0.1, 0.15) is 0 Å². The second-order valence-electron chi connectivity index (χ2n) is 6.04. The molecule has 0 bridgehead atoms. The maximum atomic E-state index is 12.3. The summed E-state index contributed by atoms with van der Waals surface area (Å²) in [5, 5.41) is 0.773. The van der Waals surface area contributed by atoms with Crippen molar-refractivity contribution in [1.82, 2.24) is 4.98 Å². The van der Waals surface area contributed by atoms with E-state index in [1.807, 2.05) is 24.3 Å². The van der Waals surface area contributed by atoms with Crippen LogP contribution in [0.25, 0.3) is 10.9 Å². The molecule has 0 amide bonds. The van der Waals surface area contributed by atoms with Crippen LogP contribution in [0.3, 0.4) is 0 Å². The molecule has 0 atom stereocenters. The van der Waals surface area contributed by atoms with Gasteiger partial charge >= 0.3 is 5.97 Å². The summed E-state index contributed by atoms with van der Waals surface area (Å²) in [6.45, 7) is 0.665. The van der Waals surface area contributed by atoms with Crippen LogP contribution in [0, 0.1) is 0 Å². The summed E-state index contributed by atoms with van der Waals surface area (Å²) < 4.78 is 15.6. The zero-order valence-electron chi connectivity index (χ0n) is 15.5. The molecule has 0 aliphatic rings. The molecule has 0 aliphatic carbocycles. The number of ether oxygens (including phenoxy) is 3. The van der Waals surface area contributed by atoms with Crippen LogP contribution in [-0.4, -0.2) is 42.8 Å². The molecular weight excluding hydrogens is 362 g/mol. The molecule has 0 fully saturated rings. The number of methoxy groups -OCH3 is 1. The predicted octanol–water partition coefficient (Wildman–Crippen LogP) is 3.18. The minimum Gasteiger partial charge on any atom is -0.493 e. The molecule has 0 saturated heterocycles. The van der Waals surface area contributed by atoms with Crippen molar-refractivity contribution >= 4 is 28.4 Å². The fraction of sp³-hybridized carbons (Fsp3) is 0.190. The van der Waals surface area contributed by atoms with Crippen molar-refractivity contribution in [2.24, 2.45) is 0 Å².